The first-order chi connectivity index (χ1) is 6.27. The molecule has 1 atom stereocenters. The Morgan fingerprint density at radius 1 is 1.43 bits per heavy atom. The summed E-state index contributed by atoms with van der Waals surface area (Å²) in [6, 6.07) is -0.598. The highest BCUT2D eigenvalue weighted by Crippen LogP contribution is 1.72. The Morgan fingerprint density at radius 2 is 1.79 bits per heavy atom. The molecule has 6 N–H and O–H groups in total. The molecule has 0 aliphatic carbocycles. The number of hydrogen-bond donors (Lipinski definition) is 4. The van der Waals surface area contributed by atoms with Gasteiger partial charge in [-0.2, -0.15) is 0 Å². The van der Waals surface area contributed by atoms with E-state index in [-0.39, 0.29) is 12.5 Å². The number of amides is 2. The molecule has 0 rings (SSSR count). The molecule has 0 aliphatic rings. The van der Waals surface area contributed by atoms with Crippen LogP contribution in [-0.4, -0.2) is 35.5 Å². The molecular weight excluding hydrogens is 190 g/mol. The summed E-state index contributed by atoms with van der Waals surface area (Å²) in [4.78, 5) is 29.7. The highest BCUT2D eigenvalue weighted by Gasteiger charge is 2.06. The highest BCUT2D eigenvalue weighted by molar-refractivity contribution is 5.86. The summed E-state index contributed by atoms with van der Waals surface area (Å²) in [5.41, 5.74) is 9.90. The van der Waals surface area contributed by atoms with Gasteiger partial charge in [0.2, 0.25) is 11.8 Å². The SMILES string of the molecule is CC(=O)O.C[C@H](N)C(=O)NCC(N)=O. The normalized spacial score (nSPS) is 10.5. The van der Waals surface area contributed by atoms with Crippen molar-refractivity contribution in [3.8, 4) is 0 Å². The van der Waals surface area contributed by atoms with Crippen LogP contribution in [0.3, 0.4) is 0 Å². The van der Waals surface area contributed by atoms with Gasteiger partial charge in [0.15, 0.2) is 0 Å². The number of carbonyl (C=O) groups is 3. The van der Waals surface area contributed by atoms with Gasteiger partial charge in [0.1, 0.15) is 0 Å². The molecule has 0 saturated carbocycles. The summed E-state index contributed by atoms with van der Waals surface area (Å²) >= 11 is 0. The van der Waals surface area contributed by atoms with E-state index in [0.29, 0.717) is 0 Å². The molecule has 0 heterocycles. The summed E-state index contributed by atoms with van der Waals surface area (Å²) < 4.78 is 0. The van der Waals surface area contributed by atoms with Crippen LogP contribution in [0.1, 0.15) is 13.8 Å². The largest absolute Gasteiger partial charge is 0.481 e. The van der Waals surface area contributed by atoms with E-state index in [1.165, 1.54) is 6.92 Å². The Hall–Kier alpha value is -1.63. The first-order valence-corrected chi connectivity index (χ1v) is 3.78. The van der Waals surface area contributed by atoms with E-state index < -0.39 is 17.9 Å². The van der Waals surface area contributed by atoms with Gasteiger partial charge in [-0.3, -0.25) is 14.4 Å². The van der Waals surface area contributed by atoms with E-state index in [9.17, 15) is 9.59 Å². The number of hydrogen-bond acceptors (Lipinski definition) is 4. The van der Waals surface area contributed by atoms with Crippen LogP contribution in [0.15, 0.2) is 0 Å². The van der Waals surface area contributed by atoms with Crippen molar-refractivity contribution < 1.29 is 19.5 Å². The van der Waals surface area contributed by atoms with Crippen LogP contribution in [0.5, 0.6) is 0 Å². The average molecular weight is 205 g/mol. The lowest BCUT2D eigenvalue weighted by Crippen LogP contribution is -2.42. The van der Waals surface area contributed by atoms with Gasteiger partial charge in [0.25, 0.3) is 5.97 Å². The van der Waals surface area contributed by atoms with Gasteiger partial charge in [0, 0.05) is 6.92 Å². The second-order valence-corrected chi connectivity index (χ2v) is 2.49. The van der Waals surface area contributed by atoms with E-state index in [1.54, 1.807) is 0 Å². The Bertz CT molecular complexity index is 211. The Balaban J connectivity index is 0. The fraction of sp³-hybridized carbons (Fsp3) is 0.571. The molecule has 7 nitrogen and oxygen atoms in total. The number of carboxylic acid groups (broad SMARTS) is 1. The quantitative estimate of drug-likeness (QED) is 0.423. The van der Waals surface area contributed by atoms with Gasteiger partial charge in [-0.25, -0.2) is 0 Å². The van der Waals surface area contributed by atoms with E-state index in [2.05, 4.69) is 5.32 Å². The number of carbonyl (C=O) groups excluding carboxylic acids is 2. The van der Waals surface area contributed by atoms with Crippen molar-refractivity contribution in [2.75, 3.05) is 6.54 Å². The molecule has 0 spiro atoms. The van der Waals surface area contributed by atoms with Crippen molar-refractivity contribution in [3.63, 3.8) is 0 Å². The number of primary amides is 1. The molecule has 14 heavy (non-hydrogen) atoms. The minimum Gasteiger partial charge on any atom is -0.481 e. The topological polar surface area (TPSA) is 136 Å². The molecule has 0 saturated heterocycles. The zero-order chi connectivity index (χ0) is 11.7. The minimum atomic E-state index is -0.833. The van der Waals surface area contributed by atoms with Crippen LogP contribution in [-0.2, 0) is 14.4 Å². The monoisotopic (exact) mass is 205 g/mol. The number of nitrogens with two attached hydrogens (primary N) is 2. The summed E-state index contributed by atoms with van der Waals surface area (Å²) in [6.07, 6.45) is 0. The van der Waals surface area contributed by atoms with E-state index in [0.717, 1.165) is 6.92 Å². The number of aliphatic carboxylic acids is 1. The zero-order valence-electron chi connectivity index (χ0n) is 8.11. The van der Waals surface area contributed by atoms with Crippen molar-refractivity contribution in [2.45, 2.75) is 19.9 Å². The second kappa shape index (κ2) is 7.99. The first-order valence-electron chi connectivity index (χ1n) is 3.78. The highest BCUT2D eigenvalue weighted by atomic mass is 16.4. The van der Waals surface area contributed by atoms with Gasteiger partial charge in [-0.05, 0) is 6.92 Å². The lowest BCUT2D eigenvalue weighted by atomic mass is 10.3. The maximum absolute atomic E-state index is 10.6. The molecule has 82 valence electrons. The van der Waals surface area contributed by atoms with Gasteiger partial charge in [-0.1, -0.05) is 0 Å². The van der Waals surface area contributed by atoms with Gasteiger partial charge >= 0.3 is 0 Å². The third-order valence-corrected chi connectivity index (χ3v) is 0.850. The molecule has 7 heteroatoms. The van der Waals surface area contributed by atoms with Gasteiger partial charge < -0.3 is 21.9 Å². The molecule has 0 aromatic heterocycles. The molecular formula is C7H15N3O4. The van der Waals surface area contributed by atoms with E-state index >= 15 is 0 Å². The molecule has 0 unspecified atom stereocenters. The maximum atomic E-state index is 10.6. The third-order valence-electron chi connectivity index (χ3n) is 0.850. The molecule has 2 amide bonds. The molecule has 0 aromatic carbocycles. The second-order valence-electron chi connectivity index (χ2n) is 2.49. The molecule has 0 aromatic rings. The van der Waals surface area contributed by atoms with Crippen LogP contribution in [0.2, 0.25) is 0 Å². The zero-order valence-corrected chi connectivity index (χ0v) is 8.11. The van der Waals surface area contributed by atoms with Crippen molar-refractivity contribution in [2.24, 2.45) is 11.5 Å². The summed E-state index contributed by atoms with van der Waals surface area (Å²) in [7, 11) is 0. The maximum Gasteiger partial charge on any atom is 0.300 e. The van der Waals surface area contributed by atoms with Crippen LogP contribution in [0.25, 0.3) is 0 Å². The van der Waals surface area contributed by atoms with Crippen LogP contribution >= 0.6 is 0 Å². The summed E-state index contributed by atoms with van der Waals surface area (Å²) in [6.45, 7) is 2.46. The first kappa shape index (κ1) is 14.9. The smallest absolute Gasteiger partial charge is 0.300 e. The van der Waals surface area contributed by atoms with Crippen LogP contribution < -0.4 is 16.8 Å². The van der Waals surface area contributed by atoms with Crippen LogP contribution in [0, 0.1) is 0 Å². The fourth-order valence-electron chi connectivity index (χ4n) is 0.335. The molecule has 0 bridgehead atoms. The Labute approximate surface area is 81.4 Å². The third kappa shape index (κ3) is 16.8. The standard InChI is InChI=1S/C5H11N3O2.C2H4O2/c1-3(6)5(10)8-2-4(7)9;1-2(3)4/h3H,2,6H2,1H3,(H2,7,9)(H,8,10);1H3,(H,3,4)/t3-;/m0./s1. The van der Waals surface area contributed by atoms with Gasteiger partial charge in [-0.15, -0.1) is 0 Å². The lowest BCUT2D eigenvalue weighted by molar-refractivity contribution is -0.134. The van der Waals surface area contributed by atoms with Crippen molar-refractivity contribution >= 4 is 17.8 Å². The Kier molecular flexibility index (Phi) is 8.49. The van der Waals surface area contributed by atoms with Gasteiger partial charge in [0.05, 0.1) is 12.6 Å². The van der Waals surface area contributed by atoms with Crippen molar-refractivity contribution in [1.82, 2.24) is 5.32 Å². The number of nitrogens with one attached hydrogen (secondary N) is 1. The fourth-order valence-corrected chi connectivity index (χ4v) is 0.335. The van der Waals surface area contributed by atoms with Crippen molar-refractivity contribution in [1.29, 1.82) is 0 Å². The number of carboxylic acids is 1. The number of rotatable bonds is 3. The molecule has 0 fully saturated rings. The van der Waals surface area contributed by atoms with Crippen molar-refractivity contribution in [3.05, 3.63) is 0 Å². The average Bonchev–Trinajstić information content (AvgIpc) is 1.98. The summed E-state index contributed by atoms with van der Waals surface area (Å²) in [5, 5.41) is 9.66. The molecule has 0 radical (unpaired) electrons. The lowest BCUT2D eigenvalue weighted by Gasteiger charge is -2.03. The Morgan fingerprint density at radius 3 is 2.00 bits per heavy atom. The van der Waals surface area contributed by atoms with E-state index in [4.69, 9.17) is 21.4 Å². The predicted molar refractivity (Wildman–Crippen MR) is 49.2 cm³/mol. The molecule has 0 aliphatic heterocycles. The minimum absolute atomic E-state index is 0.152. The van der Waals surface area contributed by atoms with E-state index in [1.807, 2.05) is 0 Å². The van der Waals surface area contributed by atoms with Crippen LogP contribution in [0.4, 0.5) is 0 Å². The predicted octanol–water partition coefficient (Wildman–Crippen LogP) is -1.97. The summed E-state index contributed by atoms with van der Waals surface area (Å²) in [5.74, 6) is -1.78.